The number of sulfonamides is 1. The molecule has 32 heavy (non-hydrogen) atoms. The van der Waals surface area contributed by atoms with Crippen molar-refractivity contribution in [1.29, 1.82) is 0 Å². The van der Waals surface area contributed by atoms with Crippen LogP contribution in [0.4, 0.5) is 5.69 Å². The Morgan fingerprint density at radius 2 is 1.72 bits per heavy atom. The highest BCUT2D eigenvalue weighted by Crippen LogP contribution is 2.29. The minimum Gasteiger partial charge on any atom is -0.361 e. The van der Waals surface area contributed by atoms with Crippen molar-refractivity contribution in [1.82, 2.24) is 9.29 Å². The van der Waals surface area contributed by atoms with Crippen molar-refractivity contribution >= 4 is 32.5 Å². The van der Waals surface area contributed by atoms with E-state index in [1.807, 2.05) is 44.3 Å². The van der Waals surface area contributed by atoms with E-state index in [1.54, 1.807) is 17.9 Å². The van der Waals surface area contributed by atoms with Gasteiger partial charge in [0.25, 0.3) is 5.91 Å². The number of amides is 1. The molecule has 3 rings (SSSR count). The van der Waals surface area contributed by atoms with Gasteiger partial charge in [0.15, 0.2) is 0 Å². The maximum Gasteiger partial charge on any atom is 0.258 e. The third-order valence-corrected chi connectivity index (χ3v) is 7.85. The van der Waals surface area contributed by atoms with E-state index in [1.165, 1.54) is 24.5 Å². The first-order chi connectivity index (χ1) is 14.9. The largest absolute Gasteiger partial charge is 0.361 e. The lowest BCUT2D eigenvalue weighted by atomic mass is 10.0. The number of aromatic nitrogens is 1. The first kappa shape index (κ1) is 24.0. The molecule has 1 unspecified atom stereocenters. The average molecular weight is 456 g/mol. The summed E-state index contributed by atoms with van der Waals surface area (Å²) in [6, 6.07) is 11.1. The summed E-state index contributed by atoms with van der Waals surface area (Å²) >= 11 is 0. The third kappa shape index (κ3) is 4.59. The number of rotatable bonds is 7. The van der Waals surface area contributed by atoms with Crippen LogP contribution >= 0.6 is 0 Å². The van der Waals surface area contributed by atoms with Gasteiger partial charge >= 0.3 is 0 Å². The highest BCUT2D eigenvalue weighted by molar-refractivity contribution is 7.89. The topological polar surface area (TPSA) is 73.5 Å². The van der Waals surface area contributed by atoms with E-state index in [9.17, 15) is 13.2 Å². The van der Waals surface area contributed by atoms with E-state index in [4.69, 9.17) is 0 Å². The fourth-order valence-electron chi connectivity index (χ4n) is 4.10. The molecule has 7 heteroatoms. The van der Waals surface area contributed by atoms with Crippen LogP contribution in [0.5, 0.6) is 0 Å². The number of nitrogens with one attached hydrogen (secondary N) is 1. The number of anilines is 1. The molecular weight excluding hydrogens is 422 g/mol. The summed E-state index contributed by atoms with van der Waals surface area (Å²) < 4.78 is 27.0. The molecule has 2 aromatic carbocycles. The fourth-order valence-corrected chi connectivity index (χ4v) is 5.32. The molecule has 1 atom stereocenters. The first-order valence-corrected chi connectivity index (χ1v) is 12.3. The second kappa shape index (κ2) is 9.08. The number of H-pyrrole nitrogens is 1. The van der Waals surface area contributed by atoms with Crippen LogP contribution in [0, 0.1) is 19.8 Å². The van der Waals surface area contributed by atoms with Crippen LogP contribution in [-0.2, 0) is 10.0 Å². The Labute approximate surface area is 191 Å². The normalized spacial score (nSPS) is 13.2. The minimum atomic E-state index is -3.68. The van der Waals surface area contributed by atoms with Gasteiger partial charge in [0, 0.05) is 48.5 Å². The summed E-state index contributed by atoms with van der Waals surface area (Å²) in [6.07, 6.45) is 2.70. The van der Waals surface area contributed by atoms with Gasteiger partial charge in [-0.2, -0.15) is 0 Å². The maximum absolute atomic E-state index is 13.9. The molecule has 1 N–H and O–H groups in total. The number of hydrogen-bond acceptors (Lipinski definition) is 3. The Hall–Kier alpha value is -2.64. The molecule has 3 aromatic rings. The number of aryl methyl sites for hydroxylation is 1. The molecule has 1 aromatic heterocycles. The maximum atomic E-state index is 13.9. The van der Waals surface area contributed by atoms with Gasteiger partial charge in [-0.3, -0.25) is 4.79 Å². The van der Waals surface area contributed by atoms with Crippen molar-refractivity contribution in [2.75, 3.05) is 19.0 Å². The molecule has 0 aliphatic heterocycles. The van der Waals surface area contributed by atoms with Gasteiger partial charge in [-0.25, -0.2) is 12.7 Å². The molecular formula is C25H33N3O3S. The van der Waals surface area contributed by atoms with Crippen LogP contribution in [0.2, 0.25) is 0 Å². The summed E-state index contributed by atoms with van der Waals surface area (Å²) in [6.45, 7) is 9.92. The van der Waals surface area contributed by atoms with Crippen molar-refractivity contribution in [2.45, 2.75) is 52.0 Å². The number of benzene rings is 2. The van der Waals surface area contributed by atoms with Gasteiger partial charge in [-0.05, 0) is 80.6 Å². The second-order valence-corrected chi connectivity index (χ2v) is 11.2. The third-order valence-electron chi connectivity index (χ3n) is 5.91. The molecule has 0 aliphatic carbocycles. The zero-order chi connectivity index (χ0) is 23.8. The highest BCUT2D eigenvalue weighted by Gasteiger charge is 2.28. The van der Waals surface area contributed by atoms with Gasteiger partial charge in [0.1, 0.15) is 0 Å². The standard InChI is InChI=1S/C25H33N3O3S/c1-16(2)12-18(4)28(22-8-9-23-20(14-22)10-11-26-23)25(29)21-13-17(3)19(5)24(15-21)32(30,31)27(6)7/h8-11,13-16,18,26H,12H2,1-7H3. The summed E-state index contributed by atoms with van der Waals surface area (Å²) in [4.78, 5) is 19.0. The van der Waals surface area contributed by atoms with Crippen LogP contribution in [0.3, 0.4) is 0 Å². The summed E-state index contributed by atoms with van der Waals surface area (Å²) in [5.41, 5.74) is 3.60. The van der Waals surface area contributed by atoms with Crippen LogP contribution in [0.15, 0.2) is 47.5 Å². The van der Waals surface area contributed by atoms with Crippen LogP contribution in [0.1, 0.15) is 48.7 Å². The Morgan fingerprint density at radius 1 is 1.03 bits per heavy atom. The summed E-state index contributed by atoms with van der Waals surface area (Å²) in [5.74, 6) is 0.201. The van der Waals surface area contributed by atoms with E-state index in [2.05, 4.69) is 18.8 Å². The van der Waals surface area contributed by atoms with E-state index in [0.717, 1.165) is 28.6 Å². The van der Waals surface area contributed by atoms with Gasteiger partial charge < -0.3 is 9.88 Å². The first-order valence-electron chi connectivity index (χ1n) is 10.9. The fraction of sp³-hybridized carbons (Fsp3) is 0.400. The van der Waals surface area contributed by atoms with Crippen molar-refractivity contribution in [3.05, 3.63) is 59.3 Å². The van der Waals surface area contributed by atoms with E-state index in [0.29, 0.717) is 17.0 Å². The molecule has 0 aliphatic rings. The van der Waals surface area contributed by atoms with Gasteiger partial charge in [0.05, 0.1) is 4.90 Å². The Kier molecular flexibility index (Phi) is 6.81. The molecule has 6 nitrogen and oxygen atoms in total. The van der Waals surface area contributed by atoms with Crippen molar-refractivity contribution in [2.24, 2.45) is 5.92 Å². The summed E-state index contributed by atoms with van der Waals surface area (Å²) in [5, 5.41) is 1.02. The average Bonchev–Trinajstić information content (AvgIpc) is 3.17. The molecule has 0 bridgehead atoms. The van der Waals surface area contributed by atoms with Gasteiger partial charge in [0.2, 0.25) is 10.0 Å². The molecule has 0 fully saturated rings. The van der Waals surface area contributed by atoms with Crippen LogP contribution in [-0.4, -0.2) is 43.8 Å². The molecule has 0 spiro atoms. The van der Waals surface area contributed by atoms with Crippen molar-refractivity contribution < 1.29 is 13.2 Å². The van der Waals surface area contributed by atoms with E-state index >= 15 is 0 Å². The number of aromatic amines is 1. The Balaban J connectivity index is 2.15. The van der Waals surface area contributed by atoms with Crippen molar-refractivity contribution in [3.63, 3.8) is 0 Å². The predicted octanol–water partition coefficient (Wildman–Crippen LogP) is 5.12. The number of carbonyl (C=O) groups excluding carboxylic acids is 1. The SMILES string of the molecule is Cc1cc(C(=O)N(c2ccc3[nH]ccc3c2)C(C)CC(C)C)cc(S(=O)(=O)N(C)C)c1C. The molecule has 172 valence electrons. The molecule has 1 heterocycles. The number of hydrogen-bond donors (Lipinski definition) is 1. The Morgan fingerprint density at radius 3 is 2.34 bits per heavy atom. The number of fused-ring (bicyclic) bond motifs is 1. The van der Waals surface area contributed by atoms with E-state index < -0.39 is 10.0 Å². The molecule has 1 amide bonds. The van der Waals surface area contributed by atoms with Gasteiger partial charge in [-0.1, -0.05) is 13.8 Å². The van der Waals surface area contributed by atoms with Gasteiger partial charge in [-0.15, -0.1) is 0 Å². The zero-order valence-electron chi connectivity index (χ0n) is 19.9. The molecule has 0 radical (unpaired) electrons. The Bertz CT molecular complexity index is 1240. The minimum absolute atomic E-state index is 0.0607. The second-order valence-electron chi connectivity index (χ2n) is 9.11. The lowest BCUT2D eigenvalue weighted by molar-refractivity contribution is 0.0975. The quantitative estimate of drug-likeness (QED) is 0.538. The highest BCUT2D eigenvalue weighted by atomic mass is 32.2. The zero-order valence-corrected chi connectivity index (χ0v) is 20.7. The lowest BCUT2D eigenvalue weighted by Crippen LogP contribution is -2.39. The van der Waals surface area contributed by atoms with E-state index in [-0.39, 0.29) is 16.8 Å². The number of carbonyl (C=O) groups is 1. The van der Waals surface area contributed by atoms with Crippen LogP contribution < -0.4 is 4.90 Å². The predicted molar refractivity (Wildman–Crippen MR) is 131 cm³/mol. The smallest absolute Gasteiger partial charge is 0.258 e. The number of nitrogens with zero attached hydrogens (tertiary/aromatic N) is 2. The molecule has 0 saturated heterocycles. The summed E-state index contributed by atoms with van der Waals surface area (Å²) in [7, 11) is -0.675. The lowest BCUT2D eigenvalue weighted by Gasteiger charge is -2.31. The monoisotopic (exact) mass is 455 g/mol. The van der Waals surface area contributed by atoms with Crippen LogP contribution in [0.25, 0.3) is 10.9 Å². The van der Waals surface area contributed by atoms with Crippen molar-refractivity contribution in [3.8, 4) is 0 Å². The molecule has 0 saturated carbocycles.